The standard InChI is InChI=1S/C14H18N2O5/c17-11-5-3-10(4-6-11)16(9-13(19)20)14(21)15-7-1-2-12(18)8-15/h3-6,12,17-18H,1-2,7-9H2,(H,19,20). The Bertz CT molecular complexity index is 517. The third kappa shape index (κ3) is 3.85. The number of piperidine rings is 1. The van der Waals surface area contributed by atoms with E-state index < -0.39 is 24.6 Å². The zero-order valence-electron chi connectivity index (χ0n) is 11.5. The van der Waals surface area contributed by atoms with Crippen LogP contribution in [0.3, 0.4) is 0 Å². The summed E-state index contributed by atoms with van der Waals surface area (Å²) in [4.78, 5) is 26.0. The third-order valence-electron chi connectivity index (χ3n) is 3.35. The summed E-state index contributed by atoms with van der Waals surface area (Å²) in [5, 5.41) is 27.9. The second-order valence-electron chi connectivity index (χ2n) is 5.02. The molecule has 0 spiro atoms. The predicted molar refractivity (Wildman–Crippen MR) is 75.3 cm³/mol. The fourth-order valence-electron chi connectivity index (χ4n) is 2.34. The zero-order chi connectivity index (χ0) is 15.4. The minimum Gasteiger partial charge on any atom is -0.508 e. The molecular weight excluding hydrogens is 276 g/mol. The lowest BCUT2D eigenvalue weighted by Gasteiger charge is -2.34. The summed E-state index contributed by atoms with van der Waals surface area (Å²) in [5.74, 6) is -1.09. The summed E-state index contributed by atoms with van der Waals surface area (Å²) in [6.07, 6.45) is 0.750. The van der Waals surface area contributed by atoms with Gasteiger partial charge >= 0.3 is 12.0 Å². The van der Waals surface area contributed by atoms with E-state index >= 15 is 0 Å². The molecule has 114 valence electrons. The number of aliphatic hydroxyl groups excluding tert-OH is 1. The SMILES string of the molecule is O=C(O)CN(C(=O)N1CCCC(O)C1)c1ccc(O)cc1. The van der Waals surface area contributed by atoms with Gasteiger partial charge in [-0.15, -0.1) is 0 Å². The Morgan fingerprint density at radius 3 is 2.52 bits per heavy atom. The number of amides is 2. The van der Waals surface area contributed by atoms with Crippen LogP contribution in [0, 0.1) is 0 Å². The van der Waals surface area contributed by atoms with Crippen molar-refractivity contribution in [2.45, 2.75) is 18.9 Å². The molecule has 0 saturated carbocycles. The molecule has 7 heteroatoms. The number of phenolic OH excluding ortho intramolecular Hbond substituents is 1. The number of anilines is 1. The molecule has 1 unspecified atom stereocenters. The van der Waals surface area contributed by atoms with E-state index in [2.05, 4.69) is 0 Å². The van der Waals surface area contributed by atoms with Crippen LogP contribution in [0.15, 0.2) is 24.3 Å². The van der Waals surface area contributed by atoms with Crippen molar-refractivity contribution in [2.75, 3.05) is 24.5 Å². The van der Waals surface area contributed by atoms with Gasteiger partial charge < -0.3 is 20.2 Å². The molecular formula is C14H18N2O5. The number of carboxylic acid groups (broad SMARTS) is 1. The first kappa shape index (κ1) is 15.1. The number of aromatic hydroxyl groups is 1. The van der Waals surface area contributed by atoms with Crippen LogP contribution in [0.4, 0.5) is 10.5 Å². The minimum atomic E-state index is -1.13. The lowest BCUT2D eigenvalue weighted by molar-refractivity contribution is -0.135. The predicted octanol–water partition coefficient (Wildman–Crippen LogP) is 0.860. The molecule has 3 N–H and O–H groups in total. The second-order valence-corrected chi connectivity index (χ2v) is 5.02. The summed E-state index contributed by atoms with van der Waals surface area (Å²) in [6, 6.07) is 5.29. The maximum absolute atomic E-state index is 12.5. The van der Waals surface area contributed by atoms with Crippen molar-refractivity contribution in [3.05, 3.63) is 24.3 Å². The maximum atomic E-state index is 12.5. The number of carbonyl (C=O) groups excluding carboxylic acids is 1. The van der Waals surface area contributed by atoms with Crippen molar-refractivity contribution < 1.29 is 24.9 Å². The van der Waals surface area contributed by atoms with Crippen molar-refractivity contribution >= 4 is 17.7 Å². The Kier molecular flexibility index (Phi) is 4.64. The highest BCUT2D eigenvalue weighted by Crippen LogP contribution is 2.21. The van der Waals surface area contributed by atoms with Gasteiger partial charge in [0.1, 0.15) is 12.3 Å². The summed E-state index contributed by atoms with van der Waals surface area (Å²) in [6.45, 7) is 0.216. The van der Waals surface area contributed by atoms with Crippen molar-refractivity contribution in [1.29, 1.82) is 0 Å². The number of urea groups is 1. The molecule has 21 heavy (non-hydrogen) atoms. The number of aliphatic hydroxyl groups is 1. The average Bonchev–Trinajstić information content (AvgIpc) is 2.45. The first-order valence-corrected chi connectivity index (χ1v) is 6.72. The van der Waals surface area contributed by atoms with Gasteiger partial charge in [-0.3, -0.25) is 9.69 Å². The summed E-state index contributed by atoms with van der Waals surface area (Å²) >= 11 is 0. The maximum Gasteiger partial charge on any atom is 0.325 e. The molecule has 0 aromatic heterocycles. The quantitative estimate of drug-likeness (QED) is 0.767. The Balaban J connectivity index is 2.20. The van der Waals surface area contributed by atoms with E-state index in [1.807, 2.05) is 0 Å². The molecule has 2 amide bonds. The fraction of sp³-hybridized carbons (Fsp3) is 0.429. The first-order chi connectivity index (χ1) is 9.97. The highest BCUT2D eigenvalue weighted by atomic mass is 16.4. The summed E-state index contributed by atoms with van der Waals surface area (Å²) in [7, 11) is 0. The molecule has 1 saturated heterocycles. The highest BCUT2D eigenvalue weighted by molar-refractivity contribution is 5.96. The molecule has 1 heterocycles. The first-order valence-electron chi connectivity index (χ1n) is 6.72. The monoisotopic (exact) mass is 294 g/mol. The van der Waals surface area contributed by atoms with Crippen LogP contribution in [-0.4, -0.2) is 58.0 Å². The Hall–Kier alpha value is -2.28. The number of rotatable bonds is 3. The second kappa shape index (κ2) is 6.45. The lowest BCUT2D eigenvalue weighted by atomic mass is 10.1. The van der Waals surface area contributed by atoms with Crippen LogP contribution in [0.2, 0.25) is 0 Å². The number of carbonyl (C=O) groups is 2. The van der Waals surface area contributed by atoms with Crippen LogP contribution >= 0.6 is 0 Å². The normalized spacial score (nSPS) is 18.3. The Labute approximate surface area is 122 Å². The molecule has 1 atom stereocenters. The molecule has 7 nitrogen and oxygen atoms in total. The van der Waals surface area contributed by atoms with Crippen LogP contribution in [-0.2, 0) is 4.79 Å². The van der Waals surface area contributed by atoms with Gasteiger partial charge in [-0.05, 0) is 37.1 Å². The minimum absolute atomic E-state index is 0.0369. The largest absolute Gasteiger partial charge is 0.508 e. The van der Waals surface area contributed by atoms with E-state index in [0.717, 1.165) is 4.90 Å². The van der Waals surface area contributed by atoms with E-state index in [4.69, 9.17) is 5.11 Å². The molecule has 0 radical (unpaired) electrons. The fourth-order valence-corrected chi connectivity index (χ4v) is 2.34. The van der Waals surface area contributed by atoms with Crippen molar-refractivity contribution in [2.24, 2.45) is 0 Å². The van der Waals surface area contributed by atoms with Gasteiger partial charge in [0.05, 0.1) is 6.10 Å². The number of nitrogens with zero attached hydrogens (tertiary/aromatic N) is 2. The van der Waals surface area contributed by atoms with Gasteiger partial charge in [-0.1, -0.05) is 0 Å². The molecule has 1 aromatic carbocycles. The van der Waals surface area contributed by atoms with E-state index in [1.54, 1.807) is 0 Å². The lowest BCUT2D eigenvalue weighted by Crippen LogP contribution is -2.50. The molecule has 0 aliphatic carbocycles. The van der Waals surface area contributed by atoms with Crippen LogP contribution in [0.5, 0.6) is 5.75 Å². The third-order valence-corrected chi connectivity index (χ3v) is 3.35. The van der Waals surface area contributed by atoms with E-state index in [0.29, 0.717) is 25.1 Å². The number of hydrogen-bond acceptors (Lipinski definition) is 4. The van der Waals surface area contributed by atoms with E-state index in [1.165, 1.54) is 29.2 Å². The molecule has 1 fully saturated rings. The number of aliphatic carboxylic acids is 1. The van der Waals surface area contributed by atoms with Gasteiger partial charge in [0, 0.05) is 18.8 Å². The molecule has 0 bridgehead atoms. The smallest absolute Gasteiger partial charge is 0.325 e. The topological polar surface area (TPSA) is 101 Å². The van der Waals surface area contributed by atoms with Crippen molar-refractivity contribution in [3.8, 4) is 5.75 Å². The molecule has 1 aliphatic heterocycles. The highest BCUT2D eigenvalue weighted by Gasteiger charge is 2.28. The zero-order valence-corrected chi connectivity index (χ0v) is 11.5. The number of benzene rings is 1. The molecule has 1 aromatic rings. The van der Waals surface area contributed by atoms with Crippen molar-refractivity contribution in [1.82, 2.24) is 4.90 Å². The van der Waals surface area contributed by atoms with Crippen LogP contribution in [0.1, 0.15) is 12.8 Å². The van der Waals surface area contributed by atoms with Crippen molar-refractivity contribution in [3.63, 3.8) is 0 Å². The number of likely N-dealkylation sites (tertiary alicyclic amines) is 1. The Morgan fingerprint density at radius 1 is 1.29 bits per heavy atom. The number of hydrogen-bond donors (Lipinski definition) is 3. The van der Waals surface area contributed by atoms with E-state index in [-0.39, 0.29) is 12.3 Å². The number of β-amino-alcohol motifs (C(OH)–C–C–N with tert-alkyl or cyclic N) is 1. The molecule has 1 aliphatic rings. The molecule has 2 rings (SSSR count). The van der Waals surface area contributed by atoms with Crippen LogP contribution in [0.25, 0.3) is 0 Å². The number of phenols is 1. The van der Waals surface area contributed by atoms with Gasteiger partial charge in [0.25, 0.3) is 0 Å². The van der Waals surface area contributed by atoms with Gasteiger partial charge in [-0.25, -0.2) is 4.79 Å². The Morgan fingerprint density at radius 2 is 1.95 bits per heavy atom. The summed E-state index contributed by atoms with van der Waals surface area (Å²) in [5.41, 5.74) is 0.389. The average molecular weight is 294 g/mol. The van der Waals surface area contributed by atoms with Crippen LogP contribution < -0.4 is 4.90 Å². The van der Waals surface area contributed by atoms with Gasteiger partial charge in [0.2, 0.25) is 0 Å². The van der Waals surface area contributed by atoms with Gasteiger partial charge in [-0.2, -0.15) is 0 Å². The van der Waals surface area contributed by atoms with Gasteiger partial charge in [0.15, 0.2) is 0 Å². The summed E-state index contributed by atoms with van der Waals surface area (Å²) < 4.78 is 0. The van der Waals surface area contributed by atoms with E-state index in [9.17, 15) is 19.8 Å². The number of carboxylic acids is 1.